The molecular weight excluding hydrogens is 335 g/mol. The fourth-order valence-corrected chi connectivity index (χ4v) is 2.49. The molecule has 6 heteroatoms. The van der Waals surface area contributed by atoms with E-state index in [9.17, 15) is 9.50 Å². The summed E-state index contributed by atoms with van der Waals surface area (Å²) >= 11 is 9.18. The summed E-state index contributed by atoms with van der Waals surface area (Å²) in [5.74, 6) is -0.376. The van der Waals surface area contributed by atoms with Gasteiger partial charge in [0.05, 0.1) is 21.4 Å². The average molecular weight is 348 g/mol. The van der Waals surface area contributed by atoms with Crippen molar-refractivity contribution < 1.29 is 9.50 Å². The van der Waals surface area contributed by atoms with Crippen LogP contribution in [0.2, 0.25) is 5.02 Å². The molecule has 1 atom stereocenters. The molecule has 0 radical (unpaired) electrons. The molecule has 102 valence electrons. The van der Waals surface area contributed by atoms with Crippen molar-refractivity contribution in [3.05, 3.63) is 51.0 Å². The number of benzene rings is 1. The molecular formula is C13H13BrClFN2O. The van der Waals surface area contributed by atoms with Gasteiger partial charge in [0.15, 0.2) is 0 Å². The fraction of sp³-hybridized carbons (Fsp3) is 0.308. The van der Waals surface area contributed by atoms with Crippen molar-refractivity contribution in [2.24, 2.45) is 0 Å². The van der Waals surface area contributed by atoms with E-state index in [1.165, 1.54) is 24.4 Å². The Balaban J connectivity index is 2.46. The summed E-state index contributed by atoms with van der Waals surface area (Å²) < 4.78 is 15.2. The molecule has 1 aromatic carbocycles. The van der Waals surface area contributed by atoms with Gasteiger partial charge in [-0.25, -0.2) is 4.39 Å². The van der Waals surface area contributed by atoms with Crippen LogP contribution in [0.3, 0.4) is 0 Å². The fourth-order valence-electron chi connectivity index (χ4n) is 1.86. The highest BCUT2D eigenvalue weighted by molar-refractivity contribution is 9.10. The summed E-state index contributed by atoms with van der Waals surface area (Å²) in [4.78, 5) is 0. The van der Waals surface area contributed by atoms with Gasteiger partial charge in [-0.15, -0.1) is 0 Å². The Morgan fingerprint density at radius 2 is 2.11 bits per heavy atom. The second-order valence-corrected chi connectivity index (χ2v) is 5.75. The third-order valence-electron chi connectivity index (χ3n) is 2.79. The van der Waals surface area contributed by atoms with Crippen molar-refractivity contribution in [1.29, 1.82) is 0 Å². The maximum atomic E-state index is 13.2. The Hall–Kier alpha value is -0.910. The molecule has 0 bridgehead atoms. The number of nitrogens with zero attached hydrogens (tertiary/aromatic N) is 2. The molecule has 1 unspecified atom stereocenters. The second-order valence-electron chi connectivity index (χ2n) is 4.49. The average Bonchev–Trinajstić information content (AvgIpc) is 2.74. The first-order chi connectivity index (χ1) is 8.91. The monoisotopic (exact) mass is 346 g/mol. The molecule has 0 aliphatic rings. The molecule has 2 rings (SSSR count). The SMILES string of the molecule is CC(C)n1ncc(Cl)c1C(O)c1ccc(F)c(Br)c1. The van der Waals surface area contributed by atoms with E-state index >= 15 is 0 Å². The van der Waals surface area contributed by atoms with Gasteiger partial charge < -0.3 is 5.11 Å². The van der Waals surface area contributed by atoms with Crippen molar-refractivity contribution >= 4 is 27.5 Å². The van der Waals surface area contributed by atoms with Crippen LogP contribution in [0.4, 0.5) is 4.39 Å². The lowest BCUT2D eigenvalue weighted by atomic mass is 10.1. The highest BCUT2D eigenvalue weighted by Crippen LogP contribution is 2.31. The molecule has 0 amide bonds. The van der Waals surface area contributed by atoms with Gasteiger partial charge in [0.25, 0.3) is 0 Å². The van der Waals surface area contributed by atoms with E-state index in [2.05, 4.69) is 21.0 Å². The topological polar surface area (TPSA) is 38.0 Å². The summed E-state index contributed by atoms with van der Waals surface area (Å²) in [6.45, 7) is 3.89. The van der Waals surface area contributed by atoms with Gasteiger partial charge >= 0.3 is 0 Å². The van der Waals surface area contributed by atoms with Crippen LogP contribution < -0.4 is 0 Å². The van der Waals surface area contributed by atoms with Gasteiger partial charge in [0.1, 0.15) is 11.9 Å². The smallest absolute Gasteiger partial charge is 0.137 e. The molecule has 0 aliphatic carbocycles. The number of aliphatic hydroxyl groups excluding tert-OH is 1. The molecule has 0 spiro atoms. The number of aliphatic hydroxyl groups is 1. The molecule has 2 aromatic rings. The summed E-state index contributed by atoms with van der Waals surface area (Å²) in [6, 6.07) is 4.43. The number of rotatable bonds is 3. The van der Waals surface area contributed by atoms with Gasteiger partial charge in [0, 0.05) is 6.04 Å². The maximum absolute atomic E-state index is 13.2. The Morgan fingerprint density at radius 3 is 2.68 bits per heavy atom. The number of hydrogen-bond donors (Lipinski definition) is 1. The Bertz CT molecular complexity index is 600. The highest BCUT2D eigenvalue weighted by Gasteiger charge is 2.21. The predicted octanol–water partition coefficient (Wildman–Crippen LogP) is 4.10. The Labute approximate surface area is 124 Å². The Morgan fingerprint density at radius 1 is 1.42 bits per heavy atom. The van der Waals surface area contributed by atoms with E-state index in [1.807, 2.05) is 13.8 Å². The minimum atomic E-state index is -0.950. The van der Waals surface area contributed by atoms with Crippen LogP contribution in [-0.2, 0) is 0 Å². The zero-order valence-electron chi connectivity index (χ0n) is 10.4. The molecule has 0 saturated carbocycles. The van der Waals surface area contributed by atoms with E-state index in [1.54, 1.807) is 4.68 Å². The third-order valence-corrected chi connectivity index (χ3v) is 3.69. The zero-order valence-corrected chi connectivity index (χ0v) is 12.8. The third kappa shape index (κ3) is 2.83. The van der Waals surface area contributed by atoms with Crippen LogP contribution in [0.1, 0.15) is 37.3 Å². The van der Waals surface area contributed by atoms with Gasteiger partial charge in [-0.3, -0.25) is 4.68 Å². The van der Waals surface area contributed by atoms with Gasteiger partial charge in [-0.05, 0) is 47.5 Å². The van der Waals surface area contributed by atoms with Crippen molar-refractivity contribution in [2.45, 2.75) is 26.0 Å². The van der Waals surface area contributed by atoms with E-state index in [-0.39, 0.29) is 11.9 Å². The lowest BCUT2D eigenvalue weighted by Crippen LogP contribution is -2.12. The molecule has 1 aromatic heterocycles. The number of halogens is 3. The lowest BCUT2D eigenvalue weighted by Gasteiger charge is -2.17. The summed E-state index contributed by atoms with van der Waals surface area (Å²) in [5, 5.41) is 14.9. The predicted molar refractivity (Wildman–Crippen MR) is 75.8 cm³/mol. The number of hydrogen-bond acceptors (Lipinski definition) is 2. The molecule has 0 aliphatic heterocycles. The highest BCUT2D eigenvalue weighted by atomic mass is 79.9. The first-order valence-corrected chi connectivity index (χ1v) is 6.94. The van der Waals surface area contributed by atoms with Gasteiger partial charge in [-0.1, -0.05) is 17.7 Å². The quantitative estimate of drug-likeness (QED) is 0.907. The van der Waals surface area contributed by atoms with Crippen LogP contribution in [0, 0.1) is 5.82 Å². The normalized spacial score (nSPS) is 13.0. The zero-order chi connectivity index (χ0) is 14.2. The van der Waals surface area contributed by atoms with Crippen LogP contribution >= 0.6 is 27.5 Å². The first kappa shape index (κ1) is 14.5. The minimum Gasteiger partial charge on any atom is -0.382 e. The lowest BCUT2D eigenvalue weighted by molar-refractivity contribution is 0.205. The molecule has 1 heterocycles. The van der Waals surface area contributed by atoms with E-state index in [0.717, 1.165) is 0 Å². The summed E-state index contributed by atoms with van der Waals surface area (Å²) in [7, 11) is 0. The summed E-state index contributed by atoms with van der Waals surface area (Å²) in [5.41, 5.74) is 1.06. The Kier molecular flexibility index (Phi) is 4.28. The van der Waals surface area contributed by atoms with Crippen molar-refractivity contribution in [3.8, 4) is 0 Å². The van der Waals surface area contributed by atoms with Crippen molar-refractivity contribution in [3.63, 3.8) is 0 Å². The van der Waals surface area contributed by atoms with Crippen LogP contribution in [0.5, 0.6) is 0 Å². The number of aromatic nitrogens is 2. The minimum absolute atomic E-state index is 0.0704. The van der Waals surface area contributed by atoms with Crippen molar-refractivity contribution in [2.75, 3.05) is 0 Å². The molecule has 1 N–H and O–H groups in total. The largest absolute Gasteiger partial charge is 0.382 e. The van der Waals surface area contributed by atoms with Gasteiger partial charge in [0.2, 0.25) is 0 Å². The molecule has 3 nitrogen and oxygen atoms in total. The van der Waals surface area contributed by atoms with Crippen LogP contribution in [0.15, 0.2) is 28.9 Å². The van der Waals surface area contributed by atoms with Crippen LogP contribution in [-0.4, -0.2) is 14.9 Å². The summed E-state index contributed by atoms with van der Waals surface area (Å²) in [6.07, 6.45) is 0.549. The van der Waals surface area contributed by atoms with E-state index in [4.69, 9.17) is 11.6 Å². The molecule has 19 heavy (non-hydrogen) atoms. The van der Waals surface area contributed by atoms with Crippen molar-refractivity contribution in [1.82, 2.24) is 9.78 Å². The second kappa shape index (κ2) is 5.61. The van der Waals surface area contributed by atoms with E-state index in [0.29, 0.717) is 20.8 Å². The first-order valence-electron chi connectivity index (χ1n) is 5.77. The van der Waals surface area contributed by atoms with E-state index < -0.39 is 6.10 Å². The molecule has 0 saturated heterocycles. The maximum Gasteiger partial charge on any atom is 0.137 e. The van der Waals surface area contributed by atoms with Gasteiger partial charge in [-0.2, -0.15) is 5.10 Å². The van der Waals surface area contributed by atoms with Crippen LogP contribution in [0.25, 0.3) is 0 Å². The standard InChI is InChI=1S/C13H13BrClFN2O/c1-7(2)18-12(10(15)6-17-18)13(19)8-3-4-11(16)9(14)5-8/h3-7,13,19H,1-2H3. The molecule has 0 fully saturated rings.